The summed E-state index contributed by atoms with van der Waals surface area (Å²) in [6, 6.07) is 13.0. The lowest BCUT2D eigenvalue weighted by molar-refractivity contribution is 0.595. The summed E-state index contributed by atoms with van der Waals surface area (Å²) in [4.78, 5) is 0.651. The van der Waals surface area contributed by atoms with Crippen LogP contribution in [0.1, 0.15) is 22.7 Å². The highest BCUT2D eigenvalue weighted by Gasteiger charge is 2.14. The van der Waals surface area contributed by atoms with E-state index in [2.05, 4.69) is 31.4 Å². The second-order valence-electron chi connectivity index (χ2n) is 4.75. The summed E-state index contributed by atoms with van der Waals surface area (Å²) in [7, 11) is 0. The monoisotopic (exact) mass is 290 g/mol. The van der Waals surface area contributed by atoms with Crippen LogP contribution in [0.5, 0.6) is 0 Å². The molecule has 4 heteroatoms. The van der Waals surface area contributed by atoms with Crippen molar-refractivity contribution in [3.63, 3.8) is 0 Å². The molecule has 0 aliphatic carbocycles. The van der Waals surface area contributed by atoms with Crippen LogP contribution in [0.25, 0.3) is 0 Å². The first-order valence-electron chi connectivity index (χ1n) is 6.53. The van der Waals surface area contributed by atoms with Crippen LogP contribution in [0.2, 0.25) is 0 Å². The molecule has 0 fully saturated rings. The standard InChI is InChI=1S/C16H19FN2S/c1-11-6-5-7-13(12(11)2)15(19-18)10-20-16-9-4-3-8-14(16)17/h3-9,15,19H,10,18H2,1-2H3. The lowest BCUT2D eigenvalue weighted by atomic mass is 9.99. The van der Waals surface area contributed by atoms with E-state index in [1.807, 2.05) is 12.1 Å². The number of halogens is 1. The van der Waals surface area contributed by atoms with Crippen LogP contribution in [0.15, 0.2) is 47.4 Å². The molecule has 1 atom stereocenters. The number of rotatable bonds is 5. The Labute approximate surface area is 123 Å². The van der Waals surface area contributed by atoms with Crippen molar-refractivity contribution in [2.24, 2.45) is 5.84 Å². The van der Waals surface area contributed by atoms with Crippen molar-refractivity contribution in [3.8, 4) is 0 Å². The molecule has 0 spiro atoms. The van der Waals surface area contributed by atoms with Crippen LogP contribution in [0.3, 0.4) is 0 Å². The molecular weight excluding hydrogens is 271 g/mol. The van der Waals surface area contributed by atoms with E-state index in [1.165, 1.54) is 29.0 Å². The van der Waals surface area contributed by atoms with E-state index in [9.17, 15) is 4.39 Å². The molecule has 1 unspecified atom stereocenters. The van der Waals surface area contributed by atoms with Gasteiger partial charge in [0.25, 0.3) is 0 Å². The van der Waals surface area contributed by atoms with E-state index in [1.54, 1.807) is 12.1 Å². The zero-order valence-corrected chi connectivity index (χ0v) is 12.5. The topological polar surface area (TPSA) is 38.0 Å². The molecule has 0 saturated carbocycles. The summed E-state index contributed by atoms with van der Waals surface area (Å²) in [6.07, 6.45) is 0. The van der Waals surface area contributed by atoms with E-state index in [0.717, 1.165) is 5.56 Å². The van der Waals surface area contributed by atoms with Gasteiger partial charge in [-0.25, -0.2) is 4.39 Å². The quantitative estimate of drug-likeness (QED) is 0.500. The van der Waals surface area contributed by atoms with Crippen LogP contribution in [-0.4, -0.2) is 5.75 Å². The fraction of sp³-hybridized carbons (Fsp3) is 0.250. The molecule has 0 saturated heterocycles. The summed E-state index contributed by atoms with van der Waals surface area (Å²) >= 11 is 1.47. The maximum absolute atomic E-state index is 13.6. The highest BCUT2D eigenvalue weighted by molar-refractivity contribution is 7.99. The average Bonchev–Trinajstić information content (AvgIpc) is 2.45. The van der Waals surface area contributed by atoms with Crippen LogP contribution in [0.4, 0.5) is 4.39 Å². The minimum absolute atomic E-state index is 0.000457. The molecule has 0 aliphatic heterocycles. The van der Waals surface area contributed by atoms with E-state index < -0.39 is 0 Å². The van der Waals surface area contributed by atoms with Gasteiger partial charge in [-0.2, -0.15) is 0 Å². The van der Waals surface area contributed by atoms with Gasteiger partial charge in [0.1, 0.15) is 5.82 Å². The van der Waals surface area contributed by atoms with E-state index >= 15 is 0 Å². The van der Waals surface area contributed by atoms with Crippen molar-refractivity contribution in [3.05, 3.63) is 65.0 Å². The molecule has 2 rings (SSSR count). The second-order valence-corrected chi connectivity index (χ2v) is 5.81. The second kappa shape index (κ2) is 6.88. The molecule has 0 amide bonds. The molecular formula is C16H19FN2S. The number of nitrogens with two attached hydrogens (primary N) is 1. The number of hydrazine groups is 1. The van der Waals surface area contributed by atoms with E-state index in [0.29, 0.717) is 10.6 Å². The van der Waals surface area contributed by atoms with Gasteiger partial charge in [0.2, 0.25) is 0 Å². The first kappa shape index (κ1) is 15.0. The molecule has 2 nitrogen and oxygen atoms in total. The fourth-order valence-electron chi connectivity index (χ4n) is 2.11. The highest BCUT2D eigenvalue weighted by atomic mass is 32.2. The normalized spacial score (nSPS) is 12.4. The number of hydrogen-bond acceptors (Lipinski definition) is 3. The van der Waals surface area contributed by atoms with Crippen molar-refractivity contribution < 1.29 is 4.39 Å². The lowest BCUT2D eigenvalue weighted by Crippen LogP contribution is -2.30. The van der Waals surface area contributed by atoms with Crippen LogP contribution in [-0.2, 0) is 0 Å². The van der Waals surface area contributed by atoms with Gasteiger partial charge in [-0.3, -0.25) is 11.3 Å². The van der Waals surface area contributed by atoms with Gasteiger partial charge < -0.3 is 0 Å². The molecule has 20 heavy (non-hydrogen) atoms. The minimum Gasteiger partial charge on any atom is -0.271 e. The average molecular weight is 290 g/mol. The first-order chi connectivity index (χ1) is 9.63. The molecule has 2 aromatic rings. The third kappa shape index (κ3) is 3.39. The molecule has 0 bridgehead atoms. The molecule has 106 valence electrons. The first-order valence-corrected chi connectivity index (χ1v) is 7.51. The van der Waals surface area contributed by atoms with Crippen molar-refractivity contribution >= 4 is 11.8 Å². The van der Waals surface area contributed by atoms with Gasteiger partial charge in [0.15, 0.2) is 0 Å². The maximum Gasteiger partial charge on any atom is 0.136 e. The molecule has 0 radical (unpaired) electrons. The summed E-state index contributed by atoms with van der Waals surface area (Å²) in [5, 5.41) is 0. The Kier molecular flexibility index (Phi) is 5.17. The Morgan fingerprint density at radius 2 is 1.90 bits per heavy atom. The molecule has 0 heterocycles. The highest BCUT2D eigenvalue weighted by Crippen LogP contribution is 2.28. The Balaban J connectivity index is 2.14. The third-order valence-electron chi connectivity index (χ3n) is 3.47. The zero-order valence-electron chi connectivity index (χ0n) is 11.7. The van der Waals surface area contributed by atoms with Gasteiger partial charge in [-0.1, -0.05) is 30.3 Å². The SMILES string of the molecule is Cc1cccc(C(CSc2ccccc2F)NN)c1C. The van der Waals surface area contributed by atoms with Crippen LogP contribution < -0.4 is 11.3 Å². The third-order valence-corrected chi connectivity index (χ3v) is 4.61. The lowest BCUT2D eigenvalue weighted by Gasteiger charge is -2.19. The summed E-state index contributed by atoms with van der Waals surface area (Å²) in [5.74, 6) is 6.17. The van der Waals surface area contributed by atoms with Crippen LogP contribution >= 0.6 is 11.8 Å². The minimum atomic E-state index is -0.186. The van der Waals surface area contributed by atoms with Gasteiger partial charge in [-0.05, 0) is 42.7 Å². The Morgan fingerprint density at radius 3 is 2.60 bits per heavy atom. The molecule has 0 aliphatic rings. The number of aryl methyl sites for hydroxylation is 1. The van der Waals surface area contributed by atoms with E-state index in [-0.39, 0.29) is 11.9 Å². The van der Waals surface area contributed by atoms with Gasteiger partial charge >= 0.3 is 0 Å². The van der Waals surface area contributed by atoms with Crippen LogP contribution in [0, 0.1) is 19.7 Å². The maximum atomic E-state index is 13.6. The predicted molar refractivity (Wildman–Crippen MR) is 83.1 cm³/mol. The number of benzene rings is 2. The van der Waals surface area contributed by atoms with Crippen molar-refractivity contribution in [2.75, 3.05) is 5.75 Å². The fourth-order valence-corrected chi connectivity index (χ4v) is 3.12. The zero-order chi connectivity index (χ0) is 14.5. The smallest absolute Gasteiger partial charge is 0.136 e. The number of nitrogens with one attached hydrogen (secondary N) is 1. The summed E-state index contributed by atoms with van der Waals surface area (Å²) in [5.41, 5.74) is 6.46. The molecule has 3 N–H and O–H groups in total. The molecule has 0 aromatic heterocycles. The Bertz CT molecular complexity index is 586. The van der Waals surface area contributed by atoms with Crippen molar-refractivity contribution in [2.45, 2.75) is 24.8 Å². The van der Waals surface area contributed by atoms with Gasteiger partial charge in [-0.15, -0.1) is 11.8 Å². The van der Waals surface area contributed by atoms with Gasteiger partial charge in [0.05, 0.1) is 6.04 Å². The number of thioether (sulfide) groups is 1. The van der Waals surface area contributed by atoms with Crippen molar-refractivity contribution in [1.82, 2.24) is 5.43 Å². The Morgan fingerprint density at radius 1 is 1.15 bits per heavy atom. The largest absolute Gasteiger partial charge is 0.271 e. The Hall–Kier alpha value is -1.36. The summed E-state index contributed by atoms with van der Waals surface area (Å²) < 4.78 is 13.6. The molecule has 2 aromatic carbocycles. The number of hydrogen-bond donors (Lipinski definition) is 2. The summed E-state index contributed by atoms with van der Waals surface area (Å²) in [6.45, 7) is 4.17. The van der Waals surface area contributed by atoms with Gasteiger partial charge in [0, 0.05) is 10.6 Å². The van der Waals surface area contributed by atoms with E-state index in [4.69, 9.17) is 5.84 Å². The van der Waals surface area contributed by atoms with Crippen molar-refractivity contribution in [1.29, 1.82) is 0 Å². The predicted octanol–water partition coefficient (Wildman–Crippen LogP) is 3.74.